The van der Waals surface area contributed by atoms with Crippen molar-refractivity contribution in [1.29, 1.82) is 0 Å². The molecule has 0 saturated carbocycles. The van der Waals surface area contributed by atoms with Gasteiger partial charge in [0.2, 0.25) is 11.8 Å². The second kappa shape index (κ2) is 16.2. The van der Waals surface area contributed by atoms with Crippen LogP contribution < -0.4 is 14.7 Å². The fourth-order valence-corrected chi connectivity index (χ4v) is 8.87. The number of aliphatic hydroxyl groups is 2. The van der Waals surface area contributed by atoms with E-state index < -0.39 is 17.4 Å². The maximum absolute atomic E-state index is 14.7. The molecule has 3 aliphatic rings. The molecule has 11 nitrogen and oxygen atoms in total. The predicted molar refractivity (Wildman–Crippen MR) is 230 cm³/mol. The van der Waals surface area contributed by atoms with Crippen molar-refractivity contribution in [3.8, 4) is 0 Å². The van der Waals surface area contributed by atoms with Gasteiger partial charge in [-0.3, -0.25) is 28.9 Å². The Kier molecular flexibility index (Phi) is 10.5. The van der Waals surface area contributed by atoms with Crippen LogP contribution >= 0.6 is 0 Å². The highest BCUT2D eigenvalue weighted by Gasteiger charge is 2.53. The molecule has 5 aromatic carbocycles. The fourth-order valence-electron chi connectivity index (χ4n) is 8.87. The van der Waals surface area contributed by atoms with Crippen molar-refractivity contribution in [3.05, 3.63) is 173 Å². The molecule has 0 spiro atoms. The highest BCUT2D eigenvalue weighted by Crippen LogP contribution is 2.48. The Balaban J connectivity index is 0.990. The molecule has 0 bridgehead atoms. The minimum atomic E-state index is -1.94. The molecule has 1 unspecified atom stereocenters. The van der Waals surface area contributed by atoms with Gasteiger partial charge in [0.1, 0.15) is 0 Å². The Morgan fingerprint density at radius 3 is 2.02 bits per heavy atom. The number of benzene rings is 5. The first-order chi connectivity index (χ1) is 29.2. The van der Waals surface area contributed by atoms with Crippen molar-refractivity contribution >= 4 is 46.2 Å². The van der Waals surface area contributed by atoms with E-state index in [4.69, 9.17) is 0 Å². The van der Waals surface area contributed by atoms with Crippen molar-refractivity contribution in [1.82, 2.24) is 15.0 Å². The van der Waals surface area contributed by atoms with E-state index in [2.05, 4.69) is 16.4 Å². The van der Waals surface area contributed by atoms with Crippen molar-refractivity contribution in [3.63, 3.8) is 0 Å². The van der Waals surface area contributed by atoms with Gasteiger partial charge in [-0.05, 0) is 84.0 Å². The summed E-state index contributed by atoms with van der Waals surface area (Å²) in [5, 5.41) is 31.5. The van der Waals surface area contributed by atoms with Crippen molar-refractivity contribution in [2.45, 2.75) is 63.6 Å². The van der Waals surface area contributed by atoms with Gasteiger partial charge in [-0.2, -0.15) is 0 Å². The third kappa shape index (κ3) is 6.99. The monoisotopic (exact) mass is 798 g/mol. The zero-order valence-electron chi connectivity index (χ0n) is 33.4. The maximum atomic E-state index is 14.7. The molecular formula is C49H46N6O5. The maximum Gasteiger partial charge on any atom is 0.264 e. The second-order valence-electron chi connectivity index (χ2n) is 15.8. The molecule has 60 heavy (non-hydrogen) atoms. The van der Waals surface area contributed by atoms with Crippen LogP contribution in [-0.4, -0.2) is 49.5 Å². The van der Waals surface area contributed by atoms with Crippen LogP contribution in [-0.2, 0) is 45.9 Å². The number of aromatic nitrogens is 3. The molecule has 4 heterocycles. The number of para-hydroxylation sites is 2. The van der Waals surface area contributed by atoms with Gasteiger partial charge in [0, 0.05) is 48.4 Å². The lowest BCUT2D eigenvalue weighted by molar-refractivity contribution is -0.139. The van der Waals surface area contributed by atoms with E-state index in [1.807, 2.05) is 134 Å². The van der Waals surface area contributed by atoms with Gasteiger partial charge >= 0.3 is 0 Å². The first kappa shape index (κ1) is 38.8. The van der Waals surface area contributed by atoms with Gasteiger partial charge in [0.25, 0.3) is 5.91 Å². The lowest BCUT2D eigenvalue weighted by Gasteiger charge is -2.31. The highest BCUT2D eigenvalue weighted by atomic mass is 16.3. The molecule has 3 aliphatic heterocycles. The zero-order chi connectivity index (χ0) is 41.4. The number of amides is 3. The average molecular weight is 799 g/mol. The van der Waals surface area contributed by atoms with Crippen molar-refractivity contribution in [2.24, 2.45) is 5.92 Å². The summed E-state index contributed by atoms with van der Waals surface area (Å²) in [6, 6.07) is 38.6. The van der Waals surface area contributed by atoms with E-state index in [-0.39, 0.29) is 30.9 Å². The third-order valence-corrected chi connectivity index (χ3v) is 12.1. The second-order valence-corrected chi connectivity index (χ2v) is 15.8. The van der Waals surface area contributed by atoms with E-state index >= 15 is 0 Å². The summed E-state index contributed by atoms with van der Waals surface area (Å²) >= 11 is 0. The van der Waals surface area contributed by atoms with Crippen LogP contribution in [0.1, 0.15) is 65.6 Å². The molecule has 0 fully saturated rings. The molecule has 0 radical (unpaired) electrons. The van der Waals surface area contributed by atoms with Gasteiger partial charge in [-0.25, -0.2) is 0 Å². The molecule has 0 aliphatic carbocycles. The van der Waals surface area contributed by atoms with Gasteiger partial charge in [-0.15, -0.1) is 5.10 Å². The molecule has 3 atom stereocenters. The molecule has 302 valence electrons. The number of rotatable bonds is 12. The smallest absolute Gasteiger partial charge is 0.264 e. The first-order valence-corrected chi connectivity index (χ1v) is 20.6. The number of anilines is 5. The summed E-state index contributed by atoms with van der Waals surface area (Å²) < 4.78 is 1.73. The normalized spacial score (nSPS) is 18.4. The first-order valence-electron chi connectivity index (χ1n) is 20.6. The lowest BCUT2D eigenvalue weighted by Crippen LogP contribution is -2.44. The quantitative estimate of drug-likeness (QED) is 0.122. The Morgan fingerprint density at radius 1 is 0.733 bits per heavy atom. The van der Waals surface area contributed by atoms with Gasteiger partial charge < -0.3 is 15.1 Å². The number of nitrogens with zero attached hydrogens (tertiary/aromatic N) is 6. The van der Waals surface area contributed by atoms with Crippen LogP contribution in [0.15, 0.2) is 140 Å². The number of carbonyl (C=O) groups is 3. The molecule has 1 aromatic heterocycles. The van der Waals surface area contributed by atoms with Crippen molar-refractivity contribution < 1.29 is 24.6 Å². The molecule has 6 aromatic rings. The number of carbonyl (C=O) groups excluding carboxylic acids is 3. The average Bonchev–Trinajstić information content (AvgIpc) is 3.83. The summed E-state index contributed by atoms with van der Waals surface area (Å²) in [5.74, 6) is -1.41. The Bertz CT molecular complexity index is 2600. The number of aliphatic hydroxyl groups excluding tert-OH is 1. The number of fused-ring (bicyclic) bond motifs is 3. The molecule has 2 N–H and O–H groups in total. The van der Waals surface area contributed by atoms with E-state index in [1.165, 1.54) is 0 Å². The minimum absolute atomic E-state index is 0.0345. The summed E-state index contributed by atoms with van der Waals surface area (Å²) in [6.45, 7) is 2.43. The van der Waals surface area contributed by atoms with Crippen LogP contribution in [0.25, 0.3) is 0 Å². The van der Waals surface area contributed by atoms with Gasteiger partial charge in [0.15, 0.2) is 5.60 Å². The van der Waals surface area contributed by atoms with E-state index in [1.54, 1.807) is 25.4 Å². The standard InChI is InChI=1S/C49H46N6O5/c1-33(11-9-10-28-52-31-42(50-51-52)40(32-56)35-12-3-2-4-13-35)49(60)41-29-39(55-44-17-8-6-15-37(44)21-27-47(55)58)24-25-45(41)53(48(49)59)30-34-18-22-38(23-19-34)54-43-16-7-5-14-36(43)20-26-46(54)57/h2-9,11-19,22-25,29,31,33,40,56,60H,10,20-21,26-28,30,32H2,1H3/b11-9+/t33-,40?,49+/m0/s1. The Labute approximate surface area is 348 Å². The Morgan fingerprint density at radius 2 is 1.35 bits per heavy atom. The zero-order valence-corrected chi connectivity index (χ0v) is 33.4. The molecule has 0 saturated heterocycles. The SMILES string of the molecule is C[C@@H](/C=C/CCn1cc(C(CO)c2ccccc2)nn1)[C@]1(O)C(=O)N(Cc2ccc(N3C(=O)CCc4ccccc43)cc2)c2ccc(N3C(=O)CCc4ccccc43)cc21. The molecule has 11 heteroatoms. The van der Waals surface area contributed by atoms with Gasteiger partial charge in [-0.1, -0.05) is 103 Å². The van der Waals surface area contributed by atoms with E-state index in [0.717, 1.165) is 39.3 Å². The molecule has 9 rings (SSSR count). The summed E-state index contributed by atoms with van der Waals surface area (Å²) in [7, 11) is 0. The number of hydrogen-bond acceptors (Lipinski definition) is 7. The molecular weight excluding hydrogens is 753 g/mol. The van der Waals surface area contributed by atoms with Crippen LogP contribution in [0.4, 0.5) is 28.4 Å². The topological polar surface area (TPSA) is 132 Å². The fraction of sp³-hybridized carbons (Fsp3) is 0.245. The minimum Gasteiger partial charge on any atom is -0.395 e. The number of aryl methyl sites for hydroxylation is 3. The summed E-state index contributed by atoms with van der Waals surface area (Å²) in [5.41, 5.74) is 6.73. The predicted octanol–water partition coefficient (Wildman–Crippen LogP) is 7.64. The van der Waals surface area contributed by atoms with Crippen LogP contribution in [0.3, 0.4) is 0 Å². The van der Waals surface area contributed by atoms with Crippen molar-refractivity contribution in [2.75, 3.05) is 21.3 Å². The largest absolute Gasteiger partial charge is 0.395 e. The highest BCUT2D eigenvalue weighted by molar-refractivity contribution is 6.09. The summed E-state index contributed by atoms with van der Waals surface area (Å²) in [6.07, 6.45) is 8.33. The van der Waals surface area contributed by atoms with Crippen LogP contribution in [0.5, 0.6) is 0 Å². The van der Waals surface area contributed by atoms with Crippen LogP contribution in [0, 0.1) is 5.92 Å². The van der Waals surface area contributed by atoms with E-state index in [9.17, 15) is 24.6 Å². The third-order valence-electron chi connectivity index (χ3n) is 12.1. The number of allylic oxidation sites excluding steroid dienone is 1. The Hall–Kier alpha value is -6.69. The van der Waals surface area contributed by atoms with E-state index in [0.29, 0.717) is 61.3 Å². The van der Waals surface area contributed by atoms with Crippen LogP contribution in [0.2, 0.25) is 0 Å². The number of hydrogen-bond donors (Lipinski definition) is 2. The lowest BCUT2D eigenvalue weighted by atomic mass is 9.82. The van der Waals surface area contributed by atoms with Gasteiger partial charge in [0.05, 0.1) is 41.8 Å². The summed E-state index contributed by atoms with van der Waals surface area (Å²) in [4.78, 5) is 46.4. The molecule has 3 amide bonds.